The minimum atomic E-state index is 0. The molecule has 0 aliphatic carbocycles. The number of nitrogens with one attached hydrogen (secondary N) is 2. The van der Waals surface area contributed by atoms with Crippen LogP contribution in [0.3, 0.4) is 0 Å². The van der Waals surface area contributed by atoms with Gasteiger partial charge in [0.05, 0.1) is 0 Å². The summed E-state index contributed by atoms with van der Waals surface area (Å²) in [4.78, 5) is 8.50. The van der Waals surface area contributed by atoms with Crippen LogP contribution in [0.1, 0.15) is 37.4 Å². The van der Waals surface area contributed by atoms with Gasteiger partial charge < -0.3 is 10.6 Å². The van der Waals surface area contributed by atoms with E-state index >= 15 is 0 Å². The van der Waals surface area contributed by atoms with Crippen LogP contribution in [-0.2, 0) is 6.42 Å². The van der Waals surface area contributed by atoms with E-state index < -0.39 is 0 Å². The topological polar surface area (TPSA) is 49.3 Å². The van der Waals surface area contributed by atoms with E-state index in [0.29, 0.717) is 0 Å². The number of hydrogen-bond acceptors (Lipinski definition) is 2. The molecule has 0 spiro atoms. The molecule has 114 valence electrons. The van der Waals surface area contributed by atoms with E-state index in [1.807, 2.05) is 26.2 Å². The first-order chi connectivity index (χ1) is 9.26. The van der Waals surface area contributed by atoms with Crippen molar-refractivity contribution >= 4 is 29.9 Å². The van der Waals surface area contributed by atoms with Crippen molar-refractivity contribution in [3.8, 4) is 0 Å². The van der Waals surface area contributed by atoms with E-state index in [9.17, 15) is 0 Å². The second kappa shape index (κ2) is 11.9. The van der Waals surface area contributed by atoms with Gasteiger partial charge in [-0.2, -0.15) is 0 Å². The summed E-state index contributed by atoms with van der Waals surface area (Å²) in [6, 6.07) is 4.18. The lowest BCUT2D eigenvalue weighted by molar-refractivity contribution is 0.682. The van der Waals surface area contributed by atoms with Gasteiger partial charge in [-0.1, -0.05) is 25.8 Å². The smallest absolute Gasteiger partial charge is 0.190 e. The van der Waals surface area contributed by atoms with Gasteiger partial charge in [0.15, 0.2) is 5.96 Å². The number of rotatable bonds is 7. The number of aliphatic imine (C=N–C) groups is 1. The largest absolute Gasteiger partial charge is 0.356 e. The van der Waals surface area contributed by atoms with Crippen molar-refractivity contribution in [2.24, 2.45) is 4.99 Å². The van der Waals surface area contributed by atoms with Gasteiger partial charge >= 0.3 is 0 Å². The third-order valence-electron chi connectivity index (χ3n) is 2.98. The Balaban J connectivity index is 0.00000361. The predicted octanol–water partition coefficient (Wildman–Crippen LogP) is 2.91. The number of aryl methyl sites for hydroxylation is 1. The molecule has 0 amide bonds. The standard InChI is InChI=1S/C15H26N4.HI/c1-4-5-6-10-17-15(16-3)18-11-9-14-8-7-13(2)19-12-14;/h7-8,12H,4-6,9-11H2,1-3H3,(H2,16,17,18);1H. The molecule has 20 heavy (non-hydrogen) atoms. The predicted molar refractivity (Wildman–Crippen MR) is 97.0 cm³/mol. The third-order valence-corrected chi connectivity index (χ3v) is 2.98. The van der Waals surface area contributed by atoms with Crippen LogP contribution in [0.5, 0.6) is 0 Å². The number of unbranched alkanes of at least 4 members (excludes halogenated alkanes) is 2. The zero-order valence-electron chi connectivity index (χ0n) is 12.8. The molecule has 0 aliphatic rings. The molecule has 0 aromatic carbocycles. The summed E-state index contributed by atoms with van der Waals surface area (Å²) in [5, 5.41) is 6.64. The quantitative estimate of drug-likeness (QED) is 0.326. The zero-order chi connectivity index (χ0) is 13.9. The van der Waals surface area contributed by atoms with E-state index in [4.69, 9.17) is 0 Å². The van der Waals surface area contributed by atoms with Gasteiger partial charge in [-0.25, -0.2) is 0 Å². The van der Waals surface area contributed by atoms with Crippen molar-refractivity contribution in [3.05, 3.63) is 29.6 Å². The summed E-state index contributed by atoms with van der Waals surface area (Å²) in [7, 11) is 1.81. The first-order valence-corrected chi connectivity index (χ1v) is 7.12. The third kappa shape index (κ3) is 8.35. The van der Waals surface area contributed by atoms with Crippen molar-refractivity contribution in [1.29, 1.82) is 0 Å². The molecule has 0 saturated carbocycles. The molecule has 1 rings (SSSR count). The van der Waals surface area contributed by atoms with Crippen LogP contribution in [0, 0.1) is 6.92 Å². The summed E-state index contributed by atoms with van der Waals surface area (Å²) < 4.78 is 0. The lowest BCUT2D eigenvalue weighted by Crippen LogP contribution is -2.38. The number of hydrogen-bond donors (Lipinski definition) is 2. The van der Waals surface area contributed by atoms with Crippen LogP contribution < -0.4 is 10.6 Å². The molecule has 1 aromatic rings. The number of nitrogens with zero attached hydrogens (tertiary/aromatic N) is 2. The van der Waals surface area contributed by atoms with E-state index in [1.54, 1.807) is 0 Å². The monoisotopic (exact) mass is 390 g/mol. The normalized spacial score (nSPS) is 10.8. The second-order valence-corrected chi connectivity index (χ2v) is 4.69. The molecule has 0 atom stereocenters. The fourth-order valence-corrected chi connectivity index (χ4v) is 1.77. The minimum Gasteiger partial charge on any atom is -0.356 e. The molecular weight excluding hydrogens is 363 g/mol. The van der Waals surface area contributed by atoms with Crippen LogP contribution in [0.15, 0.2) is 23.3 Å². The maximum atomic E-state index is 4.29. The number of pyridine rings is 1. The highest BCUT2D eigenvalue weighted by Crippen LogP contribution is 1.99. The first kappa shape index (κ1) is 19.1. The molecule has 0 bridgehead atoms. The Labute approximate surface area is 139 Å². The number of aromatic nitrogens is 1. The highest BCUT2D eigenvalue weighted by atomic mass is 127. The lowest BCUT2D eigenvalue weighted by atomic mass is 10.2. The molecule has 0 radical (unpaired) electrons. The van der Waals surface area contributed by atoms with Crippen molar-refractivity contribution < 1.29 is 0 Å². The van der Waals surface area contributed by atoms with Crippen LogP contribution in [-0.4, -0.2) is 31.1 Å². The van der Waals surface area contributed by atoms with Crippen molar-refractivity contribution in [1.82, 2.24) is 15.6 Å². The molecule has 4 nitrogen and oxygen atoms in total. The van der Waals surface area contributed by atoms with Gasteiger partial charge in [-0.15, -0.1) is 24.0 Å². The maximum absolute atomic E-state index is 4.29. The first-order valence-electron chi connectivity index (χ1n) is 7.12. The van der Waals surface area contributed by atoms with E-state index in [2.05, 4.69) is 33.6 Å². The molecule has 0 unspecified atom stereocenters. The van der Waals surface area contributed by atoms with E-state index in [-0.39, 0.29) is 24.0 Å². The van der Waals surface area contributed by atoms with Crippen LogP contribution >= 0.6 is 24.0 Å². The van der Waals surface area contributed by atoms with Gasteiger partial charge in [0.1, 0.15) is 0 Å². The highest BCUT2D eigenvalue weighted by molar-refractivity contribution is 14.0. The van der Waals surface area contributed by atoms with Gasteiger partial charge in [0, 0.05) is 32.0 Å². The van der Waals surface area contributed by atoms with Gasteiger partial charge in [-0.05, 0) is 31.4 Å². The van der Waals surface area contributed by atoms with Crippen molar-refractivity contribution in [2.75, 3.05) is 20.1 Å². The van der Waals surface area contributed by atoms with Crippen molar-refractivity contribution in [2.45, 2.75) is 39.5 Å². The number of guanidine groups is 1. The molecular formula is C15H27IN4. The Kier molecular flexibility index (Phi) is 11.4. The summed E-state index contributed by atoms with van der Waals surface area (Å²) in [5.41, 5.74) is 2.31. The Morgan fingerprint density at radius 3 is 2.55 bits per heavy atom. The lowest BCUT2D eigenvalue weighted by Gasteiger charge is -2.11. The van der Waals surface area contributed by atoms with Crippen LogP contribution in [0.4, 0.5) is 0 Å². The number of halogens is 1. The summed E-state index contributed by atoms with van der Waals surface area (Å²) in [6.07, 6.45) is 6.60. The van der Waals surface area contributed by atoms with Gasteiger partial charge in [-0.3, -0.25) is 9.98 Å². The zero-order valence-corrected chi connectivity index (χ0v) is 15.1. The Hall–Kier alpha value is -0.850. The van der Waals surface area contributed by atoms with Crippen molar-refractivity contribution in [3.63, 3.8) is 0 Å². The van der Waals surface area contributed by atoms with E-state index in [0.717, 1.165) is 31.2 Å². The average molecular weight is 390 g/mol. The molecule has 5 heteroatoms. The molecule has 0 saturated heterocycles. The highest BCUT2D eigenvalue weighted by Gasteiger charge is 1.97. The molecule has 0 fully saturated rings. The van der Waals surface area contributed by atoms with Gasteiger partial charge in [0.25, 0.3) is 0 Å². The summed E-state index contributed by atoms with van der Waals surface area (Å²) in [6.45, 7) is 6.07. The maximum Gasteiger partial charge on any atom is 0.190 e. The van der Waals surface area contributed by atoms with E-state index in [1.165, 1.54) is 24.8 Å². The second-order valence-electron chi connectivity index (χ2n) is 4.69. The minimum absolute atomic E-state index is 0. The molecule has 1 heterocycles. The fraction of sp³-hybridized carbons (Fsp3) is 0.600. The SMILES string of the molecule is CCCCCNC(=NC)NCCc1ccc(C)nc1.I. The summed E-state index contributed by atoms with van der Waals surface area (Å²) in [5.74, 6) is 0.885. The van der Waals surface area contributed by atoms with Crippen LogP contribution in [0.2, 0.25) is 0 Å². The Morgan fingerprint density at radius 1 is 1.20 bits per heavy atom. The molecule has 2 N–H and O–H groups in total. The van der Waals surface area contributed by atoms with Crippen LogP contribution in [0.25, 0.3) is 0 Å². The molecule has 1 aromatic heterocycles. The summed E-state index contributed by atoms with van der Waals surface area (Å²) >= 11 is 0. The Morgan fingerprint density at radius 2 is 1.95 bits per heavy atom. The Bertz CT molecular complexity index is 376. The van der Waals surface area contributed by atoms with Gasteiger partial charge in [0.2, 0.25) is 0 Å². The molecule has 0 aliphatic heterocycles. The average Bonchev–Trinajstić information content (AvgIpc) is 2.43. The fourth-order valence-electron chi connectivity index (χ4n) is 1.77.